The minimum absolute atomic E-state index is 0. The molecule has 0 bridgehead atoms. The van der Waals surface area contributed by atoms with Gasteiger partial charge >= 0.3 is 0 Å². The average molecular weight is 435 g/mol. The Morgan fingerprint density at radius 3 is 2.46 bits per heavy atom. The highest BCUT2D eigenvalue weighted by Crippen LogP contribution is 2.12. The number of rotatable bonds is 5. The second-order valence-corrected chi connectivity index (χ2v) is 6.91. The number of carbonyl (C=O) groups is 2. The first-order valence-electron chi connectivity index (χ1n) is 9.42. The second-order valence-electron chi connectivity index (χ2n) is 6.91. The van der Waals surface area contributed by atoms with Crippen LogP contribution in [0.3, 0.4) is 0 Å². The maximum atomic E-state index is 13.6. The highest BCUT2D eigenvalue weighted by atomic mass is 35.5. The summed E-state index contributed by atoms with van der Waals surface area (Å²) in [5, 5.41) is 6.07. The number of amides is 2. The molecule has 158 valence electrons. The van der Waals surface area contributed by atoms with E-state index in [1.807, 2.05) is 4.90 Å². The number of piperazine rings is 1. The van der Waals surface area contributed by atoms with E-state index >= 15 is 0 Å². The highest BCUT2D eigenvalue weighted by Gasteiger charge is 2.28. The molecule has 0 aromatic heterocycles. The minimum atomic E-state index is -0.506. The summed E-state index contributed by atoms with van der Waals surface area (Å²) in [5.74, 6) is -0.675. The maximum Gasteiger partial charge on any atom is 0.254 e. The number of hydrogen-bond donors (Lipinski definition) is 2. The third-order valence-corrected chi connectivity index (χ3v) is 5.12. The molecule has 0 radical (unpaired) electrons. The van der Waals surface area contributed by atoms with E-state index in [0.29, 0.717) is 13.1 Å². The van der Waals surface area contributed by atoms with Gasteiger partial charge in [-0.3, -0.25) is 14.5 Å². The zero-order valence-electron chi connectivity index (χ0n) is 15.9. The number of benzene rings is 1. The summed E-state index contributed by atoms with van der Waals surface area (Å²) in [6.45, 7) is 5.13. The number of halogens is 3. The molecule has 1 atom stereocenters. The van der Waals surface area contributed by atoms with Crippen molar-refractivity contribution in [1.82, 2.24) is 20.4 Å². The van der Waals surface area contributed by atoms with E-state index in [4.69, 9.17) is 0 Å². The van der Waals surface area contributed by atoms with Crippen LogP contribution in [0.1, 0.15) is 29.6 Å². The van der Waals surface area contributed by atoms with Gasteiger partial charge in [-0.1, -0.05) is 18.6 Å². The summed E-state index contributed by atoms with van der Waals surface area (Å²) >= 11 is 0. The van der Waals surface area contributed by atoms with Crippen LogP contribution in [0.25, 0.3) is 0 Å². The van der Waals surface area contributed by atoms with E-state index in [9.17, 15) is 14.0 Å². The molecule has 2 fully saturated rings. The Morgan fingerprint density at radius 2 is 1.82 bits per heavy atom. The lowest BCUT2D eigenvalue weighted by atomic mass is 10.0. The first kappa shape index (κ1) is 24.6. The minimum Gasteiger partial charge on any atom is -0.351 e. The summed E-state index contributed by atoms with van der Waals surface area (Å²) in [4.78, 5) is 28.7. The molecule has 2 amide bonds. The van der Waals surface area contributed by atoms with Crippen molar-refractivity contribution in [2.75, 3.05) is 45.8 Å². The molecular weight excluding hydrogens is 406 g/mol. The van der Waals surface area contributed by atoms with E-state index < -0.39 is 5.82 Å². The molecule has 0 spiro atoms. The third-order valence-electron chi connectivity index (χ3n) is 5.12. The molecule has 2 aliphatic rings. The van der Waals surface area contributed by atoms with Crippen LogP contribution in [-0.4, -0.2) is 73.5 Å². The van der Waals surface area contributed by atoms with Crippen LogP contribution in [0.2, 0.25) is 0 Å². The second kappa shape index (κ2) is 12.2. The molecule has 0 aliphatic carbocycles. The number of hydrogen-bond acceptors (Lipinski definition) is 4. The van der Waals surface area contributed by atoms with Crippen molar-refractivity contribution in [2.45, 2.75) is 25.3 Å². The molecule has 28 heavy (non-hydrogen) atoms. The summed E-state index contributed by atoms with van der Waals surface area (Å²) < 4.78 is 13.6. The van der Waals surface area contributed by atoms with E-state index in [0.717, 1.165) is 52.0 Å². The lowest BCUT2D eigenvalue weighted by molar-refractivity contribution is -0.135. The Labute approximate surface area is 178 Å². The van der Waals surface area contributed by atoms with Crippen LogP contribution in [0.15, 0.2) is 24.3 Å². The van der Waals surface area contributed by atoms with Crippen LogP contribution < -0.4 is 10.6 Å². The zero-order chi connectivity index (χ0) is 18.4. The summed E-state index contributed by atoms with van der Waals surface area (Å²) in [5.41, 5.74) is 0.0721. The molecular formula is C19H29Cl2FN4O2. The van der Waals surface area contributed by atoms with Gasteiger partial charge in [0, 0.05) is 39.3 Å². The van der Waals surface area contributed by atoms with Crippen LogP contribution in [0, 0.1) is 5.82 Å². The largest absolute Gasteiger partial charge is 0.351 e. The summed E-state index contributed by atoms with van der Waals surface area (Å²) in [7, 11) is 0. The molecule has 2 aliphatic heterocycles. The Morgan fingerprint density at radius 1 is 1.11 bits per heavy atom. The molecule has 9 heteroatoms. The Balaban J connectivity index is 0.00000196. The Kier molecular flexibility index (Phi) is 10.7. The number of carbonyl (C=O) groups excluding carboxylic acids is 2. The number of nitrogens with one attached hydrogen (secondary N) is 2. The summed E-state index contributed by atoms with van der Waals surface area (Å²) in [6, 6.07) is 5.96. The molecule has 3 rings (SSSR count). The van der Waals surface area contributed by atoms with Gasteiger partial charge in [0.15, 0.2) is 0 Å². The molecule has 0 saturated carbocycles. The van der Waals surface area contributed by atoms with Crippen LogP contribution in [-0.2, 0) is 4.79 Å². The van der Waals surface area contributed by atoms with Gasteiger partial charge in [-0.25, -0.2) is 4.39 Å². The van der Waals surface area contributed by atoms with Gasteiger partial charge in [0.1, 0.15) is 5.82 Å². The van der Waals surface area contributed by atoms with Crippen LogP contribution in [0.5, 0.6) is 0 Å². The van der Waals surface area contributed by atoms with E-state index in [1.165, 1.54) is 12.1 Å². The van der Waals surface area contributed by atoms with Gasteiger partial charge in [-0.2, -0.15) is 0 Å². The molecule has 1 aromatic rings. The standard InChI is InChI=1S/C19H27FN4O2.2ClH/c20-16-6-2-1-5-15(16)18(25)22-9-10-23-11-13-24(14-12-23)19(26)17-7-3-4-8-21-17;;/h1-2,5-6,17,21H,3-4,7-14H2,(H,22,25);2*1H/t17-;;/m1../s1. The first-order valence-corrected chi connectivity index (χ1v) is 9.42. The van der Waals surface area contributed by atoms with Crippen molar-refractivity contribution in [1.29, 1.82) is 0 Å². The summed E-state index contributed by atoms with van der Waals surface area (Å²) in [6.07, 6.45) is 3.20. The van der Waals surface area contributed by atoms with E-state index in [2.05, 4.69) is 15.5 Å². The van der Waals surface area contributed by atoms with Gasteiger partial charge in [-0.15, -0.1) is 24.8 Å². The van der Waals surface area contributed by atoms with Crippen LogP contribution in [0.4, 0.5) is 4.39 Å². The first-order chi connectivity index (χ1) is 12.6. The van der Waals surface area contributed by atoms with Crippen molar-refractivity contribution < 1.29 is 14.0 Å². The monoisotopic (exact) mass is 434 g/mol. The third kappa shape index (κ3) is 6.58. The predicted molar refractivity (Wildman–Crippen MR) is 112 cm³/mol. The fraction of sp³-hybridized carbons (Fsp3) is 0.579. The quantitative estimate of drug-likeness (QED) is 0.739. The molecule has 6 nitrogen and oxygen atoms in total. The van der Waals surface area contributed by atoms with Crippen molar-refractivity contribution in [3.63, 3.8) is 0 Å². The number of nitrogens with zero attached hydrogens (tertiary/aromatic N) is 2. The SMILES string of the molecule is Cl.Cl.O=C(NCCN1CCN(C(=O)[C@H]2CCCCN2)CC1)c1ccccc1F. The Bertz CT molecular complexity index is 636. The zero-order valence-corrected chi connectivity index (χ0v) is 17.5. The Hall–Kier alpha value is -1.41. The average Bonchev–Trinajstić information content (AvgIpc) is 2.69. The molecule has 2 N–H and O–H groups in total. The van der Waals surface area contributed by atoms with Gasteiger partial charge in [0.05, 0.1) is 11.6 Å². The molecule has 0 unspecified atom stereocenters. The van der Waals surface area contributed by atoms with Gasteiger partial charge in [0.2, 0.25) is 5.91 Å². The van der Waals surface area contributed by atoms with E-state index in [-0.39, 0.29) is 48.2 Å². The van der Waals surface area contributed by atoms with Crippen molar-refractivity contribution in [2.24, 2.45) is 0 Å². The lowest BCUT2D eigenvalue weighted by Gasteiger charge is -2.37. The fourth-order valence-corrected chi connectivity index (χ4v) is 3.54. The van der Waals surface area contributed by atoms with Crippen molar-refractivity contribution in [3.05, 3.63) is 35.6 Å². The number of piperidine rings is 1. The van der Waals surface area contributed by atoms with Gasteiger partial charge in [-0.05, 0) is 31.5 Å². The van der Waals surface area contributed by atoms with E-state index in [1.54, 1.807) is 12.1 Å². The molecule has 1 aromatic carbocycles. The van der Waals surface area contributed by atoms with Gasteiger partial charge in [0.25, 0.3) is 5.91 Å². The maximum absolute atomic E-state index is 13.6. The van der Waals surface area contributed by atoms with Gasteiger partial charge < -0.3 is 15.5 Å². The van der Waals surface area contributed by atoms with Crippen molar-refractivity contribution >= 4 is 36.6 Å². The molecule has 2 saturated heterocycles. The highest BCUT2D eigenvalue weighted by molar-refractivity contribution is 5.94. The molecule has 2 heterocycles. The van der Waals surface area contributed by atoms with Crippen molar-refractivity contribution in [3.8, 4) is 0 Å². The van der Waals surface area contributed by atoms with Crippen LogP contribution >= 0.6 is 24.8 Å². The fourth-order valence-electron chi connectivity index (χ4n) is 3.54. The predicted octanol–water partition coefficient (Wildman–Crippen LogP) is 1.69. The lowest BCUT2D eigenvalue weighted by Crippen LogP contribution is -2.55. The topological polar surface area (TPSA) is 64.7 Å². The smallest absolute Gasteiger partial charge is 0.254 e. The normalized spacial score (nSPS) is 19.9.